The van der Waals surface area contributed by atoms with Gasteiger partial charge in [-0.2, -0.15) is 0 Å². The van der Waals surface area contributed by atoms with Gasteiger partial charge in [0.05, 0.1) is 12.2 Å². The van der Waals surface area contributed by atoms with Crippen LogP contribution in [0.3, 0.4) is 0 Å². The summed E-state index contributed by atoms with van der Waals surface area (Å²) in [5.74, 6) is 0.857. The normalized spacial score (nSPS) is 19.2. The number of piperazine rings is 1. The highest BCUT2D eigenvalue weighted by Crippen LogP contribution is 2.20. The van der Waals surface area contributed by atoms with Gasteiger partial charge in [0.25, 0.3) is 0 Å². The SMILES string of the molecule is CC(C)Oc1ccc([C@@H](O)CN2CCN(C)CC2)cc1. The maximum absolute atomic E-state index is 10.3. The first-order chi connectivity index (χ1) is 9.54. The van der Waals surface area contributed by atoms with E-state index in [2.05, 4.69) is 16.8 Å². The third kappa shape index (κ3) is 4.47. The number of β-amino-alcohol motifs (C(OH)–C–C–N with tert-alkyl or cyclic N) is 1. The van der Waals surface area contributed by atoms with E-state index in [1.54, 1.807) is 0 Å². The van der Waals surface area contributed by atoms with Crippen molar-refractivity contribution >= 4 is 0 Å². The van der Waals surface area contributed by atoms with E-state index in [4.69, 9.17) is 4.74 Å². The van der Waals surface area contributed by atoms with E-state index in [1.807, 2.05) is 38.1 Å². The minimum absolute atomic E-state index is 0.177. The zero-order valence-corrected chi connectivity index (χ0v) is 12.7. The van der Waals surface area contributed by atoms with E-state index in [0.717, 1.165) is 37.5 Å². The topological polar surface area (TPSA) is 35.9 Å². The average molecular weight is 278 g/mol. The zero-order chi connectivity index (χ0) is 14.5. The highest BCUT2D eigenvalue weighted by molar-refractivity contribution is 5.28. The number of hydrogen-bond donors (Lipinski definition) is 1. The molecule has 1 fully saturated rings. The fourth-order valence-corrected chi connectivity index (χ4v) is 2.42. The number of aliphatic hydroxyl groups is 1. The Labute approximate surface area is 122 Å². The van der Waals surface area contributed by atoms with Crippen molar-refractivity contribution in [1.82, 2.24) is 9.80 Å². The number of rotatable bonds is 5. The molecule has 4 heteroatoms. The van der Waals surface area contributed by atoms with Gasteiger partial charge in [-0.25, -0.2) is 0 Å². The second-order valence-electron chi connectivity index (χ2n) is 5.86. The molecule has 1 aliphatic heterocycles. The van der Waals surface area contributed by atoms with Crippen molar-refractivity contribution in [2.75, 3.05) is 39.8 Å². The van der Waals surface area contributed by atoms with E-state index in [9.17, 15) is 5.11 Å². The van der Waals surface area contributed by atoms with E-state index < -0.39 is 6.10 Å². The van der Waals surface area contributed by atoms with E-state index in [1.165, 1.54) is 0 Å². The quantitative estimate of drug-likeness (QED) is 0.890. The fraction of sp³-hybridized carbons (Fsp3) is 0.625. The number of benzene rings is 1. The maximum Gasteiger partial charge on any atom is 0.119 e. The molecule has 0 aromatic heterocycles. The first-order valence-corrected chi connectivity index (χ1v) is 7.40. The Morgan fingerprint density at radius 2 is 1.70 bits per heavy atom. The highest BCUT2D eigenvalue weighted by atomic mass is 16.5. The van der Waals surface area contributed by atoms with Crippen LogP contribution in [0.25, 0.3) is 0 Å². The van der Waals surface area contributed by atoms with Crippen LogP contribution in [0, 0.1) is 0 Å². The van der Waals surface area contributed by atoms with Crippen molar-refractivity contribution in [3.05, 3.63) is 29.8 Å². The Morgan fingerprint density at radius 3 is 2.25 bits per heavy atom. The van der Waals surface area contributed by atoms with Crippen LogP contribution < -0.4 is 4.74 Å². The summed E-state index contributed by atoms with van der Waals surface area (Å²) in [6.45, 7) is 8.94. The van der Waals surface area contributed by atoms with Gasteiger partial charge in [-0.1, -0.05) is 12.1 Å². The summed E-state index contributed by atoms with van der Waals surface area (Å²) < 4.78 is 5.61. The van der Waals surface area contributed by atoms with Crippen LogP contribution in [0.4, 0.5) is 0 Å². The minimum atomic E-state index is -0.425. The Hall–Kier alpha value is -1.10. The monoisotopic (exact) mass is 278 g/mol. The van der Waals surface area contributed by atoms with Gasteiger partial charge in [0.1, 0.15) is 5.75 Å². The van der Waals surface area contributed by atoms with Crippen molar-refractivity contribution in [3.63, 3.8) is 0 Å². The van der Waals surface area contributed by atoms with Crippen molar-refractivity contribution in [2.24, 2.45) is 0 Å². The van der Waals surface area contributed by atoms with Crippen LogP contribution in [-0.4, -0.2) is 60.8 Å². The molecule has 4 nitrogen and oxygen atoms in total. The summed E-state index contributed by atoms with van der Waals surface area (Å²) in [5.41, 5.74) is 0.958. The van der Waals surface area contributed by atoms with E-state index in [0.29, 0.717) is 6.54 Å². The fourth-order valence-electron chi connectivity index (χ4n) is 2.42. The molecule has 20 heavy (non-hydrogen) atoms. The third-order valence-corrected chi connectivity index (χ3v) is 3.66. The molecule has 1 atom stereocenters. The molecule has 1 saturated heterocycles. The first kappa shape index (κ1) is 15.3. The van der Waals surface area contributed by atoms with Crippen molar-refractivity contribution < 1.29 is 9.84 Å². The molecule has 1 N–H and O–H groups in total. The molecular weight excluding hydrogens is 252 g/mol. The molecule has 1 aromatic rings. The van der Waals surface area contributed by atoms with Crippen LogP contribution in [0.1, 0.15) is 25.5 Å². The average Bonchev–Trinajstić information content (AvgIpc) is 2.41. The highest BCUT2D eigenvalue weighted by Gasteiger charge is 2.17. The van der Waals surface area contributed by atoms with E-state index >= 15 is 0 Å². The molecule has 0 unspecified atom stereocenters. The molecule has 0 spiro atoms. The molecule has 0 aliphatic carbocycles. The smallest absolute Gasteiger partial charge is 0.119 e. The lowest BCUT2D eigenvalue weighted by Crippen LogP contribution is -2.45. The number of hydrogen-bond acceptors (Lipinski definition) is 4. The van der Waals surface area contributed by atoms with Gasteiger partial charge in [0.2, 0.25) is 0 Å². The molecule has 1 aliphatic rings. The van der Waals surface area contributed by atoms with Crippen molar-refractivity contribution in [3.8, 4) is 5.75 Å². The lowest BCUT2D eigenvalue weighted by atomic mass is 10.1. The molecule has 0 amide bonds. The number of ether oxygens (including phenoxy) is 1. The van der Waals surface area contributed by atoms with Gasteiger partial charge < -0.3 is 14.7 Å². The Balaban J connectivity index is 1.87. The van der Waals surface area contributed by atoms with Crippen LogP contribution in [0.5, 0.6) is 5.75 Å². The summed E-state index contributed by atoms with van der Waals surface area (Å²) in [6, 6.07) is 7.78. The molecule has 1 heterocycles. The van der Waals surface area contributed by atoms with E-state index in [-0.39, 0.29) is 6.10 Å². The predicted octanol–water partition coefficient (Wildman–Crippen LogP) is 1.75. The van der Waals surface area contributed by atoms with Crippen LogP contribution in [0.2, 0.25) is 0 Å². The summed E-state index contributed by atoms with van der Waals surface area (Å²) >= 11 is 0. The Kier molecular flexibility index (Phi) is 5.40. The largest absolute Gasteiger partial charge is 0.491 e. The van der Waals surface area contributed by atoms with Crippen LogP contribution in [-0.2, 0) is 0 Å². The number of likely N-dealkylation sites (N-methyl/N-ethyl adjacent to an activating group) is 1. The van der Waals surface area contributed by atoms with Gasteiger partial charge in [0.15, 0.2) is 0 Å². The third-order valence-electron chi connectivity index (χ3n) is 3.66. The summed E-state index contributed by atoms with van der Waals surface area (Å²) in [6.07, 6.45) is -0.248. The van der Waals surface area contributed by atoms with Gasteiger partial charge in [-0.05, 0) is 38.6 Å². The zero-order valence-electron chi connectivity index (χ0n) is 12.7. The van der Waals surface area contributed by atoms with Gasteiger partial charge in [-0.3, -0.25) is 4.90 Å². The number of nitrogens with zero attached hydrogens (tertiary/aromatic N) is 2. The molecule has 1 aromatic carbocycles. The van der Waals surface area contributed by atoms with Crippen LogP contribution in [0.15, 0.2) is 24.3 Å². The van der Waals surface area contributed by atoms with Crippen molar-refractivity contribution in [1.29, 1.82) is 0 Å². The lowest BCUT2D eigenvalue weighted by Gasteiger charge is -2.33. The number of aliphatic hydroxyl groups excluding tert-OH is 1. The molecule has 0 saturated carbocycles. The van der Waals surface area contributed by atoms with Gasteiger partial charge in [0, 0.05) is 32.7 Å². The summed E-state index contributed by atoms with van der Waals surface area (Å²) in [5, 5.41) is 10.3. The summed E-state index contributed by atoms with van der Waals surface area (Å²) in [4.78, 5) is 4.64. The maximum atomic E-state index is 10.3. The first-order valence-electron chi connectivity index (χ1n) is 7.40. The molecule has 112 valence electrons. The molecule has 0 radical (unpaired) electrons. The molecule has 2 rings (SSSR count). The second kappa shape index (κ2) is 7.07. The van der Waals surface area contributed by atoms with Crippen molar-refractivity contribution in [2.45, 2.75) is 26.1 Å². The lowest BCUT2D eigenvalue weighted by molar-refractivity contribution is 0.0805. The molecule has 0 bridgehead atoms. The second-order valence-corrected chi connectivity index (χ2v) is 5.86. The standard InChI is InChI=1S/C16H26N2O2/c1-13(2)20-15-6-4-14(5-7-15)16(19)12-18-10-8-17(3)9-11-18/h4-7,13,16,19H,8-12H2,1-3H3/t16-/m0/s1. The Morgan fingerprint density at radius 1 is 1.10 bits per heavy atom. The van der Waals surface area contributed by atoms with Crippen LogP contribution >= 0.6 is 0 Å². The molecular formula is C16H26N2O2. The predicted molar refractivity (Wildman–Crippen MR) is 81.1 cm³/mol. The van der Waals surface area contributed by atoms with Gasteiger partial charge >= 0.3 is 0 Å². The summed E-state index contributed by atoms with van der Waals surface area (Å²) in [7, 11) is 2.14. The van der Waals surface area contributed by atoms with Gasteiger partial charge in [-0.15, -0.1) is 0 Å². The minimum Gasteiger partial charge on any atom is -0.491 e. The Bertz CT molecular complexity index is 397.